The van der Waals surface area contributed by atoms with Gasteiger partial charge in [0.25, 0.3) is 0 Å². The van der Waals surface area contributed by atoms with Crippen LogP contribution in [0.15, 0.2) is 46.9 Å². The third-order valence-corrected chi connectivity index (χ3v) is 3.16. The molecule has 0 aliphatic carbocycles. The van der Waals surface area contributed by atoms with Gasteiger partial charge < -0.3 is 15.1 Å². The number of para-hydroxylation sites is 2. The van der Waals surface area contributed by atoms with E-state index in [2.05, 4.69) is 4.98 Å². The highest BCUT2D eigenvalue weighted by Gasteiger charge is 2.09. The van der Waals surface area contributed by atoms with E-state index in [1.165, 1.54) is 0 Å². The third-order valence-electron chi connectivity index (χ3n) is 3.16. The van der Waals surface area contributed by atoms with Gasteiger partial charge in [0.15, 0.2) is 11.5 Å². The number of anilines is 3. The molecule has 4 heteroatoms. The number of hydrogen-bond acceptors (Lipinski definition) is 4. The molecule has 4 nitrogen and oxygen atoms in total. The van der Waals surface area contributed by atoms with Gasteiger partial charge in [-0.3, -0.25) is 0 Å². The zero-order valence-electron chi connectivity index (χ0n) is 10.9. The van der Waals surface area contributed by atoms with Gasteiger partial charge in [0.05, 0.1) is 11.4 Å². The fraction of sp³-hybridized carbons (Fsp3) is 0.133. The van der Waals surface area contributed by atoms with E-state index >= 15 is 0 Å². The van der Waals surface area contributed by atoms with Crippen molar-refractivity contribution in [3.8, 4) is 0 Å². The topological polar surface area (TPSA) is 55.3 Å². The summed E-state index contributed by atoms with van der Waals surface area (Å²) in [7, 11) is 1.98. The van der Waals surface area contributed by atoms with Crippen LogP contribution in [-0.2, 0) is 0 Å². The Hall–Kier alpha value is -2.49. The van der Waals surface area contributed by atoms with Gasteiger partial charge in [0.2, 0.25) is 0 Å². The summed E-state index contributed by atoms with van der Waals surface area (Å²) in [5, 5.41) is 0. The molecule has 3 aromatic rings. The number of aromatic nitrogens is 1. The highest BCUT2D eigenvalue weighted by atomic mass is 16.3. The Morgan fingerprint density at radius 1 is 1.16 bits per heavy atom. The molecule has 2 N–H and O–H groups in total. The zero-order valence-corrected chi connectivity index (χ0v) is 10.9. The maximum absolute atomic E-state index is 6.00. The minimum Gasteiger partial charge on any atom is -0.441 e. The van der Waals surface area contributed by atoms with Crippen LogP contribution in [0.4, 0.5) is 17.1 Å². The summed E-state index contributed by atoms with van der Waals surface area (Å²) in [6, 6.07) is 13.7. The molecule has 1 aromatic heterocycles. The van der Waals surface area contributed by atoms with Crippen molar-refractivity contribution in [2.45, 2.75) is 6.92 Å². The first-order chi connectivity index (χ1) is 9.15. The van der Waals surface area contributed by atoms with Crippen LogP contribution in [-0.4, -0.2) is 12.0 Å². The van der Waals surface area contributed by atoms with Gasteiger partial charge in [-0.25, -0.2) is 4.98 Å². The number of fused-ring (bicyclic) bond motifs is 1. The predicted molar refractivity (Wildman–Crippen MR) is 77.7 cm³/mol. The number of benzene rings is 2. The quantitative estimate of drug-likeness (QED) is 0.710. The number of aryl methyl sites for hydroxylation is 1. The Morgan fingerprint density at radius 3 is 2.74 bits per heavy atom. The number of hydrogen-bond donors (Lipinski definition) is 1. The second kappa shape index (κ2) is 4.31. The molecule has 1 heterocycles. The summed E-state index contributed by atoms with van der Waals surface area (Å²) in [6.45, 7) is 1.85. The van der Waals surface area contributed by atoms with Gasteiger partial charge in [-0.1, -0.05) is 12.1 Å². The van der Waals surface area contributed by atoms with Crippen LogP contribution in [0.1, 0.15) is 5.89 Å². The van der Waals surface area contributed by atoms with Gasteiger partial charge in [-0.05, 0) is 24.3 Å². The van der Waals surface area contributed by atoms with E-state index in [1.807, 2.05) is 61.3 Å². The Balaban J connectivity index is 2.06. The van der Waals surface area contributed by atoms with Crippen molar-refractivity contribution < 1.29 is 4.42 Å². The number of oxazole rings is 1. The molecule has 3 rings (SSSR count). The number of nitrogens with zero attached hydrogens (tertiary/aromatic N) is 2. The lowest BCUT2D eigenvalue weighted by atomic mass is 10.2. The van der Waals surface area contributed by atoms with Crippen molar-refractivity contribution in [2.75, 3.05) is 17.7 Å². The van der Waals surface area contributed by atoms with Gasteiger partial charge in [0.1, 0.15) is 5.52 Å². The van der Waals surface area contributed by atoms with Crippen molar-refractivity contribution in [3.05, 3.63) is 48.4 Å². The van der Waals surface area contributed by atoms with Gasteiger partial charge in [-0.15, -0.1) is 0 Å². The molecule has 0 bridgehead atoms. The monoisotopic (exact) mass is 253 g/mol. The fourth-order valence-corrected chi connectivity index (χ4v) is 2.17. The average molecular weight is 253 g/mol. The molecule has 0 aliphatic heterocycles. The van der Waals surface area contributed by atoms with Crippen LogP contribution in [0.25, 0.3) is 11.1 Å². The molecule has 0 aliphatic rings. The van der Waals surface area contributed by atoms with Gasteiger partial charge in [-0.2, -0.15) is 0 Å². The van der Waals surface area contributed by atoms with Crippen molar-refractivity contribution in [1.82, 2.24) is 4.98 Å². The van der Waals surface area contributed by atoms with Gasteiger partial charge in [0, 0.05) is 25.7 Å². The van der Waals surface area contributed by atoms with Crippen molar-refractivity contribution in [3.63, 3.8) is 0 Å². The Labute approximate surface area is 111 Å². The molecule has 0 spiro atoms. The summed E-state index contributed by atoms with van der Waals surface area (Å²) >= 11 is 0. The van der Waals surface area contributed by atoms with E-state index in [-0.39, 0.29) is 0 Å². The molecular weight excluding hydrogens is 238 g/mol. The third kappa shape index (κ3) is 2.01. The standard InChI is InChI=1S/C15H15N3O/c1-10-17-13-8-7-11(9-15(13)19-10)18(2)14-6-4-3-5-12(14)16/h3-9H,16H2,1-2H3. The second-order valence-corrected chi connectivity index (χ2v) is 4.50. The van der Waals surface area contributed by atoms with E-state index in [0.29, 0.717) is 5.89 Å². The van der Waals surface area contributed by atoms with Crippen molar-refractivity contribution in [2.24, 2.45) is 0 Å². The van der Waals surface area contributed by atoms with Gasteiger partial charge >= 0.3 is 0 Å². The predicted octanol–water partition coefficient (Wildman–Crippen LogP) is 3.49. The first-order valence-corrected chi connectivity index (χ1v) is 6.10. The molecule has 96 valence electrons. The summed E-state index contributed by atoms with van der Waals surface area (Å²) in [6.07, 6.45) is 0. The smallest absolute Gasteiger partial charge is 0.192 e. The first-order valence-electron chi connectivity index (χ1n) is 6.10. The second-order valence-electron chi connectivity index (χ2n) is 4.50. The highest BCUT2D eigenvalue weighted by molar-refractivity contribution is 5.81. The van der Waals surface area contributed by atoms with Crippen LogP contribution in [0.2, 0.25) is 0 Å². The molecule has 0 radical (unpaired) electrons. The minimum absolute atomic E-state index is 0.675. The van der Waals surface area contributed by atoms with Crippen LogP contribution >= 0.6 is 0 Å². The zero-order chi connectivity index (χ0) is 13.4. The molecule has 0 unspecified atom stereocenters. The van der Waals surface area contributed by atoms with E-state index < -0.39 is 0 Å². The first kappa shape index (κ1) is 11.6. The minimum atomic E-state index is 0.675. The van der Waals surface area contributed by atoms with Crippen molar-refractivity contribution in [1.29, 1.82) is 0 Å². The molecule has 0 atom stereocenters. The normalized spacial score (nSPS) is 10.8. The SMILES string of the molecule is Cc1nc2ccc(N(C)c3ccccc3N)cc2o1. The van der Waals surface area contributed by atoms with Crippen LogP contribution in [0.5, 0.6) is 0 Å². The molecule has 19 heavy (non-hydrogen) atoms. The summed E-state index contributed by atoms with van der Waals surface area (Å²) in [4.78, 5) is 6.33. The maximum Gasteiger partial charge on any atom is 0.192 e. The largest absolute Gasteiger partial charge is 0.441 e. The maximum atomic E-state index is 6.00. The van der Waals surface area contributed by atoms with Crippen LogP contribution in [0.3, 0.4) is 0 Å². The number of nitrogen functional groups attached to an aromatic ring is 1. The lowest BCUT2D eigenvalue weighted by molar-refractivity contribution is 0.561. The Morgan fingerprint density at radius 2 is 1.95 bits per heavy atom. The van der Waals surface area contributed by atoms with E-state index in [1.54, 1.807) is 0 Å². The van der Waals surface area contributed by atoms with Crippen LogP contribution in [0, 0.1) is 6.92 Å². The number of rotatable bonds is 2. The molecule has 0 saturated heterocycles. The molecule has 2 aromatic carbocycles. The fourth-order valence-electron chi connectivity index (χ4n) is 2.17. The van der Waals surface area contributed by atoms with Crippen LogP contribution < -0.4 is 10.6 Å². The Bertz CT molecular complexity index is 733. The molecule has 0 saturated carbocycles. The summed E-state index contributed by atoms with van der Waals surface area (Å²) in [5.41, 5.74) is 10.4. The van der Waals surface area contributed by atoms with Crippen molar-refractivity contribution >= 4 is 28.2 Å². The van der Waals surface area contributed by atoms with E-state index in [0.717, 1.165) is 28.2 Å². The number of nitrogens with two attached hydrogens (primary N) is 1. The molecule has 0 fully saturated rings. The summed E-state index contributed by atoms with van der Waals surface area (Å²) < 4.78 is 5.56. The molecular formula is C15H15N3O. The van der Waals surface area contributed by atoms with E-state index in [9.17, 15) is 0 Å². The molecule has 0 amide bonds. The Kier molecular flexibility index (Phi) is 2.63. The van der Waals surface area contributed by atoms with E-state index in [4.69, 9.17) is 10.2 Å². The summed E-state index contributed by atoms with van der Waals surface area (Å²) in [5.74, 6) is 0.675. The highest BCUT2D eigenvalue weighted by Crippen LogP contribution is 2.30. The lowest BCUT2D eigenvalue weighted by Crippen LogP contribution is -2.11. The lowest BCUT2D eigenvalue weighted by Gasteiger charge is -2.20. The average Bonchev–Trinajstić information content (AvgIpc) is 2.77.